The van der Waals surface area contributed by atoms with E-state index in [4.69, 9.17) is 14.2 Å². The summed E-state index contributed by atoms with van der Waals surface area (Å²) in [6.45, 7) is 2.97. The van der Waals surface area contributed by atoms with Crippen molar-refractivity contribution in [2.24, 2.45) is 4.99 Å². The molecule has 1 atom stereocenters. The number of ether oxygens (including phenoxy) is 3. The Hall–Kier alpha value is -2.00. The van der Waals surface area contributed by atoms with Gasteiger partial charge in [0, 0.05) is 44.9 Å². The van der Waals surface area contributed by atoms with Crippen LogP contribution in [-0.2, 0) is 14.6 Å². The molecule has 1 heterocycles. The number of nitrogens with zero attached hydrogens (tertiary/aromatic N) is 2. The summed E-state index contributed by atoms with van der Waals surface area (Å²) in [4.78, 5) is 6.57. The first kappa shape index (κ1) is 22.3. The summed E-state index contributed by atoms with van der Waals surface area (Å²) >= 11 is 0. The average Bonchev–Trinajstić information content (AvgIpc) is 3.16. The second-order valence-electron chi connectivity index (χ2n) is 6.79. The lowest BCUT2D eigenvalue weighted by Crippen LogP contribution is -2.41. The zero-order chi connectivity index (χ0) is 20.6. The van der Waals surface area contributed by atoms with Gasteiger partial charge in [-0.2, -0.15) is 0 Å². The zero-order valence-corrected chi connectivity index (χ0v) is 17.9. The highest BCUT2D eigenvalue weighted by Gasteiger charge is 2.26. The maximum atomic E-state index is 11.1. The van der Waals surface area contributed by atoms with Crippen LogP contribution in [0.2, 0.25) is 0 Å². The molecule has 1 aromatic rings. The molecule has 1 aliphatic heterocycles. The van der Waals surface area contributed by atoms with Crippen molar-refractivity contribution in [3.05, 3.63) is 23.8 Å². The highest BCUT2D eigenvalue weighted by Crippen LogP contribution is 2.32. The van der Waals surface area contributed by atoms with Gasteiger partial charge in [0.15, 0.2) is 5.96 Å². The second-order valence-corrected chi connectivity index (χ2v) is 9.05. The Morgan fingerprint density at radius 3 is 2.46 bits per heavy atom. The number of hydrogen-bond acceptors (Lipinski definition) is 6. The van der Waals surface area contributed by atoms with Gasteiger partial charge in [0.25, 0.3) is 0 Å². The molecule has 9 heteroatoms. The van der Waals surface area contributed by atoms with Crippen LogP contribution in [0.4, 0.5) is 0 Å². The Labute approximate surface area is 167 Å². The van der Waals surface area contributed by atoms with Crippen LogP contribution in [0.1, 0.15) is 17.9 Å². The normalized spacial score (nSPS) is 17.6. The summed E-state index contributed by atoms with van der Waals surface area (Å²) in [6.07, 6.45) is 2.22. The first-order valence-electron chi connectivity index (χ1n) is 9.30. The molecular formula is C19H31N3O5S. The van der Waals surface area contributed by atoms with E-state index in [1.54, 1.807) is 21.3 Å². The predicted octanol–water partition coefficient (Wildman–Crippen LogP) is 1.13. The summed E-state index contributed by atoms with van der Waals surface area (Å²) < 4.78 is 38.3. The number of hydrogen-bond donors (Lipinski definition) is 1. The smallest absolute Gasteiger partial charge is 0.193 e. The minimum Gasteiger partial charge on any atom is -0.497 e. The molecule has 1 unspecified atom stereocenters. The summed E-state index contributed by atoms with van der Waals surface area (Å²) in [5.41, 5.74) is 1.19. The van der Waals surface area contributed by atoms with E-state index >= 15 is 0 Å². The Bertz CT molecular complexity index is 745. The Balaban J connectivity index is 1.84. The molecule has 0 bridgehead atoms. The number of likely N-dealkylation sites (tertiary alicyclic amines) is 1. The second kappa shape index (κ2) is 10.5. The minimum absolute atomic E-state index is 0.0412. The van der Waals surface area contributed by atoms with Gasteiger partial charge in [-0.1, -0.05) is 0 Å². The molecule has 0 amide bonds. The highest BCUT2D eigenvalue weighted by molar-refractivity contribution is 7.90. The summed E-state index contributed by atoms with van der Waals surface area (Å²) in [6, 6.07) is 5.99. The van der Waals surface area contributed by atoms with Gasteiger partial charge in [-0.05, 0) is 24.1 Å². The molecular weight excluding hydrogens is 382 g/mol. The maximum Gasteiger partial charge on any atom is 0.193 e. The lowest BCUT2D eigenvalue weighted by atomic mass is 9.98. The van der Waals surface area contributed by atoms with Crippen LogP contribution in [0.3, 0.4) is 0 Å². The topological polar surface area (TPSA) is 89.5 Å². The molecule has 1 saturated heterocycles. The van der Waals surface area contributed by atoms with E-state index in [1.807, 2.05) is 6.07 Å². The molecule has 1 aromatic carbocycles. The van der Waals surface area contributed by atoms with Gasteiger partial charge < -0.3 is 24.4 Å². The van der Waals surface area contributed by atoms with E-state index in [1.165, 1.54) is 11.8 Å². The van der Waals surface area contributed by atoms with Crippen molar-refractivity contribution in [2.45, 2.75) is 12.3 Å². The van der Waals surface area contributed by atoms with Crippen molar-refractivity contribution >= 4 is 15.8 Å². The molecule has 8 nitrogen and oxygen atoms in total. The van der Waals surface area contributed by atoms with Gasteiger partial charge in [0.05, 0.1) is 33.2 Å². The van der Waals surface area contributed by atoms with Gasteiger partial charge in [-0.15, -0.1) is 0 Å². The lowest BCUT2D eigenvalue weighted by Gasteiger charge is -2.22. The zero-order valence-electron chi connectivity index (χ0n) is 17.1. The average molecular weight is 414 g/mol. The Morgan fingerprint density at radius 2 is 1.89 bits per heavy atom. The van der Waals surface area contributed by atoms with Crippen molar-refractivity contribution in [3.63, 3.8) is 0 Å². The molecule has 2 rings (SSSR count). The fourth-order valence-electron chi connectivity index (χ4n) is 3.17. The van der Waals surface area contributed by atoms with Crippen LogP contribution in [0.5, 0.6) is 11.5 Å². The van der Waals surface area contributed by atoms with E-state index in [9.17, 15) is 8.42 Å². The van der Waals surface area contributed by atoms with E-state index < -0.39 is 9.84 Å². The summed E-state index contributed by atoms with van der Waals surface area (Å²) in [5, 5.41) is 3.28. The Kier molecular flexibility index (Phi) is 8.37. The molecule has 0 saturated carbocycles. The lowest BCUT2D eigenvalue weighted by molar-refractivity contribution is 0.153. The van der Waals surface area contributed by atoms with E-state index in [0.29, 0.717) is 19.1 Å². The van der Waals surface area contributed by atoms with Crippen molar-refractivity contribution in [2.75, 3.05) is 66.1 Å². The number of methoxy groups -OCH3 is 2. The predicted molar refractivity (Wildman–Crippen MR) is 110 cm³/mol. The van der Waals surface area contributed by atoms with E-state index in [0.717, 1.165) is 37.0 Å². The third-order valence-corrected chi connectivity index (χ3v) is 5.58. The van der Waals surface area contributed by atoms with Gasteiger partial charge in [0.2, 0.25) is 0 Å². The van der Waals surface area contributed by atoms with Gasteiger partial charge in [-0.25, -0.2) is 8.42 Å². The molecule has 0 radical (unpaired) electrons. The largest absolute Gasteiger partial charge is 0.497 e. The number of sulfone groups is 1. The molecule has 1 aliphatic rings. The third kappa shape index (κ3) is 6.87. The van der Waals surface area contributed by atoms with Crippen LogP contribution < -0.4 is 14.8 Å². The van der Waals surface area contributed by atoms with E-state index in [-0.39, 0.29) is 12.4 Å². The molecule has 158 valence electrons. The summed E-state index contributed by atoms with van der Waals surface area (Å²) in [5.74, 6) is 2.82. The highest BCUT2D eigenvalue weighted by atomic mass is 32.2. The quantitative estimate of drug-likeness (QED) is 0.369. The van der Waals surface area contributed by atoms with E-state index in [2.05, 4.69) is 27.3 Å². The standard InChI is InChI=1S/C19H31N3O5S/c1-20-19(21-6-8-27-9-10-28(4,23)24)22-7-5-15(14-22)16-11-17(25-2)13-18(12-16)26-3/h11-13,15H,5-10,14H2,1-4H3,(H,20,21). The summed E-state index contributed by atoms with van der Waals surface area (Å²) in [7, 11) is 2.09. The SMILES string of the molecule is CN=C(NCCOCCS(C)(=O)=O)N1CCC(c2cc(OC)cc(OC)c2)C1. The third-order valence-electron chi connectivity index (χ3n) is 4.67. The fourth-order valence-corrected chi connectivity index (χ4v) is 3.59. The number of benzene rings is 1. The van der Waals surface area contributed by atoms with Gasteiger partial charge in [-0.3, -0.25) is 4.99 Å². The van der Waals surface area contributed by atoms with Crippen molar-refractivity contribution < 1.29 is 22.6 Å². The molecule has 0 spiro atoms. The molecule has 1 N–H and O–H groups in total. The Morgan fingerprint density at radius 1 is 1.21 bits per heavy atom. The molecule has 1 fully saturated rings. The van der Waals surface area contributed by atoms with Crippen LogP contribution in [0.15, 0.2) is 23.2 Å². The maximum absolute atomic E-state index is 11.1. The van der Waals surface area contributed by atoms with Crippen LogP contribution in [-0.4, -0.2) is 85.4 Å². The van der Waals surface area contributed by atoms with Crippen LogP contribution in [0.25, 0.3) is 0 Å². The molecule has 28 heavy (non-hydrogen) atoms. The van der Waals surface area contributed by atoms with Crippen molar-refractivity contribution in [1.82, 2.24) is 10.2 Å². The van der Waals surface area contributed by atoms with Crippen molar-refractivity contribution in [3.8, 4) is 11.5 Å². The van der Waals surface area contributed by atoms with Crippen LogP contribution in [0, 0.1) is 0 Å². The number of rotatable bonds is 9. The van der Waals surface area contributed by atoms with Gasteiger partial charge >= 0.3 is 0 Å². The number of guanidine groups is 1. The first-order valence-corrected chi connectivity index (χ1v) is 11.4. The first-order chi connectivity index (χ1) is 13.4. The molecule has 0 aliphatic carbocycles. The van der Waals surface area contributed by atoms with Gasteiger partial charge in [0.1, 0.15) is 21.3 Å². The monoisotopic (exact) mass is 413 g/mol. The number of aliphatic imine (C=N–C) groups is 1. The molecule has 0 aromatic heterocycles. The minimum atomic E-state index is -2.98. The van der Waals surface area contributed by atoms with Crippen molar-refractivity contribution in [1.29, 1.82) is 0 Å². The van der Waals surface area contributed by atoms with Crippen LogP contribution >= 0.6 is 0 Å². The fraction of sp³-hybridized carbons (Fsp3) is 0.632. The number of nitrogens with one attached hydrogen (secondary N) is 1.